The molecular weight excluding hydrogens is 472 g/mol. The largest absolute Gasteiger partial charge is 0.454 e. The second-order valence-corrected chi connectivity index (χ2v) is 10.2. The van der Waals surface area contributed by atoms with Crippen LogP contribution in [0.1, 0.15) is 44.7 Å². The number of aliphatic hydroxyl groups excluding tert-OH is 1. The summed E-state index contributed by atoms with van der Waals surface area (Å²) in [7, 11) is 0. The number of carbonyl (C=O) groups is 1. The van der Waals surface area contributed by atoms with E-state index in [-0.39, 0.29) is 13.2 Å². The van der Waals surface area contributed by atoms with E-state index in [1.54, 1.807) is 20.8 Å². The Kier molecular flexibility index (Phi) is 11.3. The van der Waals surface area contributed by atoms with Gasteiger partial charge in [-0.25, -0.2) is 0 Å². The Morgan fingerprint density at radius 2 is 1.59 bits per heavy atom. The third-order valence-electron chi connectivity index (χ3n) is 5.99. The van der Waals surface area contributed by atoms with Gasteiger partial charge in [-0.05, 0) is 44.7 Å². The highest BCUT2D eigenvalue weighted by Gasteiger charge is 2.49. The van der Waals surface area contributed by atoms with Crippen LogP contribution in [0, 0.1) is 5.41 Å². The molecule has 7 nitrogen and oxygen atoms in total. The number of rotatable bonds is 13. The van der Waals surface area contributed by atoms with Crippen molar-refractivity contribution in [1.82, 2.24) is 0 Å². The number of benzene rings is 2. The molecule has 0 spiro atoms. The first-order valence-corrected chi connectivity index (χ1v) is 12.8. The molecule has 2 aromatic carbocycles. The smallest absolute Gasteiger partial charge is 0.311 e. The van der Waals surface area contributed by atoms with Crippen molar-refractivity contribution in [3.8, 4) is 0 Å². The van der Waals surface area contributed by atoms with Gasteiger partial charge in [0.1, 0.15) is 18.3 Å². The quantitative estimate of drug-likeness (QED) is 0.234. The molecule has 0 radical (unpaired) electrons. The van der Waals surface area contributed by atoms with Crippen LogP contribution in [0.25, 0.3) is 0 Å². The predicted molar refractivity (Wildman–Crippen MR) is 141 cm³/mol. The fraction of sp³-hybridized carbons (Fsp3) is 0.500. The summed E-state index contributed by atoms with van der Waals surface area (Å²) in [6.45, 7) is 10.2. The van der Waals surface area contributed by atoms with Crippen molar-refractivity contribution < 1.29 is 33.6 Å². The summed E-state index contributed by atoms with van der Waals surface area (Å²) >= 11 is 0. The van der Waals surface area contributed by atoms with Gasteiger partial charge < -0.3 is 28.8 Å². The number of allylic oxidation sites excluding steroid dienone is 1. The van der Waals surface area contributed by atoms with Crippen LogP contribution in [0.4, 0.5) is 0 Å². The molecule has 2 aromatic rings. The second kappa shape index (κ2) is 14.4. The number of unbranched alkanes of at least 4 members (excludes halogenated alkanes) is 1. The van der Waals surface area contributed by atoms with Crippen molar-refractivity contribution in [2.75, 3.05) is 13.2 Å². The zero-order valence-corrected chi connectivity index (χ0v) is 22.1. The zero-order valence-electron chi connectivity index (χ0n) is 22.1. The lowest BCUT2D eigenvalue weighted by Gasteiger charge is -2.44. The van der Waals surface area contributed by atoms with Crippen molar-refractivity contribution in [2.24, 2.45) is 5.41 Å². The van der Waals surface area contributed by atoms with E-state index in [2.05, 4.69) is 6.58 Å². The normalized spacial score (nSPS) is 23.9. The Labute approximate surface area is 220 Å². The van der Waals surface area contributed by atoms with Crippen LogP contribution in [-0.4, -0.2) is 55.0 Å². The summed E-state index contributed by atoms with van der Waals surface area (Å²) in [5.74, 6) is -0.430. The standard InChI is InChI=1S/C30H40O7/c1-5-6-13-18-34-28-27(37-29(32)30(2,3)4)26(35-20-23-16-11-8-12-17-23)25(31)24(36-28)21-33-19-22-14-9-7-10-15-22/h5,7-12,14-17,24-28,31H,1,6,13,18-21H2,2-4H3/t24-,25+,26+,27-,28-/m1/s1. The fourth-order valence-electron chi connectivity index (χ4n) is 3.84. The molecule has 0 unspecified atom stereocenters. The molecule has 1 N–H and O–H groups in total. The first kappa shape index (κ1) is 29.0. The van der Waals surface area contributed by atoms with Gasteiger partial charge in [0.15, 0.2) is 12.4 Å². The highest BCUT2D eigenvalue weighted by atomic mass is 16.7. The van der Waals surface area contributed by atoms with Crippen LogP contribution in [0.15, 0.2) is 73.3 Å². The molecule has 0 aliphatic carbocycles. The number of hydrogen-bond donors (Lipinski definition) is 1. The molecular formula is C30H40O7. The first-order valence-electron chi connectivity index (χ1n) is 12.8. The van der Waals surface area contributed by atoms with Crippen LogP contribution < -0.4 is 0 Å². The van der Waals surface area contributed by atoms with Crippen LogP contribution in [-0.2, 0) is 41.7 Å². The highest BCUT2D eigenvalue weighted by molar-refractivity contribution is 5.75. The maximum absolute atomic E-state index is 12.9. The highest BCUT2D eigenvalue weighted by Crippen LogP contribution is 2.30. The van der Waals surface area contributed by atoms with E-state index in [0.717, 1.165) is 24.0 Å². The minimum atomic E-state index is -1.11. The zero-order chi connectivity index (χ0) is 26.7. The molecule has 1 heterocycles. The van der Waals surface area contributed by atoms with Gasteiger partial charge in [0.25, 0.3) is 0 Å². The maximum Gasteiger partial charge on any atom is 0.311 e. The third-order valence-corrected chi connectivity index (χ3v) is 5.99. The SMILES string of the molecule is C=CCCCO[C@@H]1O[C@H](COCc2ccccc2)[C@H](O)[C@H](OCc2ccccc2)[C@H]1OC(=O)C(C)(C)C. The lowest BCUT2D eigenvalue weighted by Crippen LogP contribution is -2.61. The van der Waals surface area contributed by atoms with E-state index >= 15 is 0 Å². The van der Waals surface area contributed by atoms with E-state index in [0.29, 0.717) is 13.2 Å². The van der Waals surface area contributed by atoms with Crippen molar-refractivity contribution in [3.63, 3.8) is 0 Å². The van der Waals surface area contributed by atoms with Crippen LogP contribution in [0.5, 0.6) is 0 Å². The molecule has 1 aliphatic heterocycles. The molecule has 202 valence electrons. The molecule has 1 aliphatic rings. The average molecular weight is 513 g/mol. The van der Waals surface area contributed by atoms with Gasteiger partial charge in [-0.1, -0.05) is 66.7 Å². The average Bonchev–Trinajstić information content (AvgIpc) is 2.89. The summed E-state index contributed by atoms with van der Waals surface area (Å²) in [5, 5.41) is 11.3. The molecule has 1 saturated heterocycles. The Morgan fingerprint density at radius 1 is 0.973 bits per heavy atom. The number of aliphatic hydroxyl groups is 1. The second-order valence-electron chi connectivity index (χ2n) is 10.2. The minimum absolute atomic E-state index is 0.119. The summed E-state index contributed by atoms with van der Waals surface area (Å²) in [5.41, 5.74) is 1.19. The Balaban J connectivity index is 1.78. The molecule has 0 amide bonds. The van der Waals surface area contributed by atoms with Gasteiger partial charge in [-0.2, -0.15) is 0 Å². The van der Waals surface area contributed by atoms with E-state index in [1.807, 2.05) is 66.7 Å². The Bertz CT molecular complexity index is 941. The van der Waals surface area contributed by atoms with Gasteiger partial charge in [0.05, 0.1) is 31.8 Å². The molecule has 0 aromatic heterocycles. The molecule has 0 saturated carbocycles. The lowest BCUT2D eigenvalue weighted by atomic mass is 9.95. The summed E-state index contributed by atoms with van der Waals surface area (Å²) in [4.78, 5) is 12.9. The van der Waals surface area contributed by atoms with E-state index in [4.69, 9.17) is 23.7 Å². The van der Waals surface area contributed by atoms with Gasteiger partial charge in [0, 0.05) is 0 Å². The topological polar surface area (TPSA) is 83.5 Å². The minimum Gasteiger partial charge on any atom is -0.454 e. The van der Waals surface area contributed by atoms with E-state index in [1.165, 1.54) is 0 Å². The first-order chi connectivity index (χ1) is 17.8. The van der Waals surface area contributed by atoms with Gasteiger partial charge >= 0.3 is 5.97 Å². The Hall–Kier alpha value is -2.55. The number of esters is 1. The van der Waals surface area contributed by atoms with Crippen LogP contribution in [0.2, 0.25) is 0 Å². The van der Waals surface area contributed by atoms with E-state index in [9.17, 15) is 9.90 Å². The lowest BCUT2D eigenvalue weighted by molar-refractivity contribution is -0.315. The van der Waals surface area contributed by atoms with Crippen molar-refractivity contribution in [2.45, 2.75) is 77.5 Å². The maximum atomic E-state index is 12.9. The fourth-order valence-corrected chi connectivity index (χ4v) is 3.84. The van der Waals surface area contributed by atoms with Crippen LogP contribution >= 0.6 is 0 Å². The molecule has 3 rings (SSSR count). The molecule has 37 heavy (non-hydrogen) atoms. The summed E-state index contributed by atoms with van der Waals surface area (Å²) in [6, 6.07) is 19.4. The van der Waals surface area contributed by atoms with Crippen LogP contribution in [0.3, 0.4) is 0 Å². The third kappa shape index (κ3) is 9.05. The molecule has 7 heteroatoms. The molecule has 1 fully saturated rings. The monoisotopic (exact) mass is 512 g/mol. The van der Waals surface area contributed by atoms with E-state index < -0.39 is 42.1 Å². The van der Waals surface area contributed by atoms with Gasteiger partial charge in [-0.15, -0.1) is 6.58 Å². The Morgan fingerprint density at radius 3 is 2.19 bits per heavy atom. The number of hydrogen-bond acceptors (Lipinski definition) is 7. The van der Waals surface area contributed by atoms with Gasteiger partial charge in [0.2, 0.25) is 0 Å². The predicted octanol–water partition coefficient (Wildman–Crippen LogP) is 4.82. The van der Waals surface area contributed by atoms with Crippen molar-refractivity contribution >= 4 is 5.97 Å². The molecule has 0 bridgehead atoms. The van der Waals surface area contributed by atoms with Crippen molar-refractivity contribution in [3.05, 3.63) is 84.4 Å². The number of carbonyl (C=O) groups excluding carboxylic acids is 1. The summed E-state index contributed by atoms with van der Waals surface area (Å²) < 4.78 is 30.2. The number of ether oxygens (including phenoxy) is 5. The van der Waals surface area contributed by atoms with Crippen molar-refractivity contribution in [1.29, 1.82) is 0 Å². The van der Waals surface area contributed by atoms with Gasteiger partial charge in [-0.3, -0.25) is 4.79 Å². The molecule has 5 atom stereocenters. The summed E-state index contributed by atoms with van der Waals surface area (Å²) in [6.07, 6.45) is -1.28.